The van der Waals surface area contributed by atoms with Gasteiger partial charge in [-0.15, -0.1) is 10.2 Å². The van der Waals surface area contributed by atoms with Gasteiger partial charge in [0.1, 0.15) is 18.2 Å². The third kappa shape index (κ3) is 5.38. The van der Waals surface area contributed by atoms with E-state index in [4.69, 9.17) is 9.15 Å². The number of nitrogens with zero attached hydrogens (tertiary/aromatic N) is 2. The van der Waals surface area contributed by atoms with Crippen LogP contribution in [0.2, 0.25) is 0 Å². The van der Waals surface area contributed by atoms with Gasteiger partial charge in [-0.1, -0.05) is 23.9 Å². The second kappa shape index (κ2) is 8.79. The summed E-state index contributed by atoms with van der Waals surface area (Å²) in [5, 5.41) is 18.2. The molecule has 27 heavy (non-hydrogen) atoms. The van der Waals surface area contributed by atoms with Crippen molar-refractivity contribution in [1.29, 1.82) is 0 Å². The number of benzene rings is 2. The van der Waals surface area contributed by atoms with Crippen LogP contribution in [0, 0.1) is 5.82 Å². The van der Waals surface area contributed by atoms with Crippen LogP contribution in [-0.4, -0.2) is 39.6 Å². The minimum Gasteiger partial charge on any atom is -0.491 e. The zero-order valence-electron chi connectivity index (χ0n) is 14.5. The number of halogens is 1. The first-order valence-corrected chi connectivity index (χ1v) is 9.14. The Kier molecular flexibility index (Phi) is 6.20. The Balaban J connectivity index is 1.49. The molecule has 6 nitrogen and oxygen atoms in total. The molecule has 0 saturated carbocycles. The lowest BCUT2D eigenvalue weighted by atomic mass is 10.1. The third-order valence-electron chi connectivity index (χ3n) is 3.58. The molecule has 0 unspecified atom stereocenters. The Morgan fingerprint density at radius 2 is 2.04 bits per heavy atom. The van der Waals surface area contributed by atoms with Crippen LogP contribution in [0.1, 0.15) is 17.3 Å². The first-order chi connectivity index (χ1) is 13.0. The van der Waals surface area contributed by atoms with Crippen molar-refractivity contribution in [3.05, 3.63) is 59.9 Å². The van der Waals surface area contributed by atoms with Crippen LogP contribution in [0.3, 0.4) is 0 Å². The number of hydrogen-bond donors (Lipinski definition) is 1. The van der Waals surface area contributed by atoms with Gasteiger partial charge >= 0.3 is 0 Å². The number of aliphatic hydroxyl groups excluding tert-OH is 1. The fraction of sp³-hybridized carbons (Fsp3) is 0.211. The minimum atomic E-state index is -0.767. The summed E-state index contributed by atoms with van der Waals surface area (Å²) in [7, 11) is 0. The molecule has 3 aromatic rings. The van der Waals surface area contributed by atoms with E-state index in [-0.39, 0.29) is 29.9 Å². The monoisotopic (exact) mass is 388 g/mol. The van der Waals surface area contributed by atoms with Crippen molar-refractivity contribution < 1.29 is 23.4 Å². The second-order valence-electron chi connectivity index (χ2n) is 5.74. The number of ketones is 1. The number of ether oxygens (including phenoxy) is 1. The molecule has 0 radical (unpaired) electrons. The highest BCUT2D eigenvalue weighted by atomic mass is 32.2. The summed E-state index contributed by atoms with van der Waals surface area (Å²) in [6.07, 6.45) is -0.767. The first kappa shape index (κ1) is 19.1. The summed E-state index contributed by atoms with van der Waals surface area (Å²) >= 11 is 1.19. The molecule has 0 aliphatic heterocycles. The molecule has 0 bridgehead atoms. The lowest BCUT2D eigenvalue weighted by Crippen LogP contribution is -2.20. The SMILES string of the molecule is CC(=O)c1cccc(OC[C@H](O)CSc2nnc(-c3ccc(F)cc3)o2)c1. The zero-order valence-corrected chi connectivity index (χ0v) is 15.3. The largest absolute Gasteiger partial charge is 0.491 e. The predicted molar refractivity (Wildman–Crippen MR) is 98.4 cm³/mol. The Bertz CT molecular complexity index is 914. The van der Waals surface area contributed by atoms with E-state index in [0.717, 1.165) is 0 Å². The van der Waals surface area contributed by atoms with Crippen molar-refractivity contribution in [2.75, 3.05) is 12.4 Å². The van der Waals surface area contributed by atoms with Crippen LogP contribution in [0.4, 0.5) is 4.39 Å². The number of carbonyl (C=O) groups excluding carboxylic acids is 1. The maximum absolute atomic E-state index is 12.9. The normalized spacial score (nSPS) is 12.0. The Labute approximate surface area is 159 Å². The van der Waals surface area contributed by atoms with Crippen LogP contribution in [-0.2, 0) is 0 Å². The molecule has 0 aliphatic rings. The molecular weight excluding hydrogens is 371 g/mol. The fourth-order valence-electron chi connectivity index (χ4n) is 2.19. The highest BCUT2D eigenvalue weighted by Crippen LogP contribution is 2.24. The van der Waals surface area contributed by atoms with Crippen molar-refractivity contribution in [3.8, 4) is 17.2 Å². The molecule has 1 N–H and O–H groups in total. The lowest BCUT2D eigenvalue weighted by Gasteiger charge is -2.11. The number of carbonyl (C=O) groups is 1. The first-order valence-electron chi connectivity index (χ1n) is 8.15. The van der Waals surface area contributed by atoms with Gasteiger partial charge in [0.15, 0.2) is 5.78 Å². The highest BCUT2D eigenvalue weighted by Gasteiger charge is 2.13. The molecular formula is C19H17FN2O4S. The van der Waals surface area contributed by atoms with Gasteiger partial charge in [-0.2, -0.15) is 0 Å². The number of aliphatic hydroxyl groups is 1. The van der Waals surface area contributed by atoms with Gasteiger partial charge in [0.2, 0.25) is 5.89 Å². The Hall–Kier alpha value is -2.71. The van der Waals surface area contributed by atoms with Crippen molar-refractivity contribution in [2.45, 2.75) is 18.3 Å². The molecule has 3 rings (SSSR count). The molecule has 0 aliphatic carbocycles. The third-order valence-corrected chi connectivity index (χ3v) is 4.54. The van der Waals surface area contributed by atoms with E-state index in [1.807, 2.05) is 0 Å². The van der Waals surface area contributed by atoms with E-state index in [1.54, 1.807) is 36.4 Å². The average molecular weight is 388 g/mol. The van der Waals surface area contributed by atoms with E-state index < -0.39 is 6.10 Å². The van der Waals surface area contributed by atoms with Crippen molar-refractivity contribution in [3.63, 3.8) is 0 Å². The summed E-state index contributed by atoms with van der Waals surface area (Å²) < 4.78 is 24.0. The van der Waals surface area contributed by atoms with Crippen molar-refractivity contribution in [1.82, 2.24) is 10.2 Å². The Morgan fingerprint density at radius 3 is 2.78 bits per heavy atom. The molecule has 0 saturated heterocycles. The molecule has 2 aromatic carbocycles. The number of rotatable bonds is 8. The van der Waals surface area contributed by atoms with Crippen molar-refractivity contribution in [2.24, 2.45) is 0 Å². The number of thioether (sulfide) groups is 1. The minimum absolute atomic E-state index is 0.0510. The molecule has 8 heteroatoms. The standard InChI is InChI=1S/C19H17FN2O4S/c1-12(23)14-3-2-4-17(9-14)25-10-16(24)11-27-19-22-21-18(26-19)13-5-7-15(20)8-6-13/h2-9,16,24H,10-11H2,1H3/t16-/m0/s1. The van der Waals surface area contributed by atoms with E-state index in [9.17, 15) is 14.3 Å². The lowest BCUT2D eigenvalue weighted by molar-refractivity contribution is 0.101. The average Bonchev–Trinajstić information content (AvgIpc) is 3.14. The summed E-state index contributed by atoms with van der Waals surface area (Å²) in [4.78, 5) is 11.4. The number of hydrogen-bond acceptors (Lipinski definition) is 7. The highest BCUT2D eigenvalue weighted by molar-refractivity contribution is 7.99. The molecule has 0 amide bonds. The van der Waals surface area contributed by atoms with Gasteiger partial charge in [0, 0.05) is 16.9 Å². The number of Topliss-reactive ketones (excluding diaryl/α,β-unsaturated/α-hetero) is 1. The van der Waals surface area contributed by atoms with E-state index in [0.29, 0.717) is 22.1 Å². The summed E-state index contributed by atoms with van der Waals surface area (Å²) in [5.41, 5.74) is 1.17. The molecule has 0 spiro atoms. The smallest absolute Gasteiger partial charge is 0.276 e. The van der Waals surface area contributed by atoms with Crippen LogP contribution >= 0.6 is 11.8 Å². The maximum atomic E-state index is 12.9. The van der Waals surface area contributed by atoms with Gasteiger partial charge in [0.25, 0.3) is 5.22 Å². The van der Waals surface area contributed by atoms with Gasteiger partial charge in [-0.25, -0.2) is 4.39 Å². The summed E-state index contributed by atoms with van der Waals surface area (Å²) in [6, 6.07) is 12.5. The van der Waals surface area contributed by atoms with Crippen molar-refractivity contribution >= 4 is 17.5 Å². The molecule has 140 valence electrons. The molecule has 0 fully saturated rings. The number of aromatic nitrogens is 2. The quantitative estimate of drug-likeness (QED) is 0.466. The van der Waals surface area contributed by atoms with E-state index >= 15 is 0 Å². The zero-order chi connectivity index (χ0) is 19.2. The van der Waals surface area contributed by atoms with Gasteiger partial charge in [-0.05, 0) is 43.3 Å². The summed E-state index contributed by atoms with van der Waals surface area (Å²) in [5.74, 6) is 0.694. The van der Waals surface area contributed by atoms with Crippen LogP contribution in [0.25, 0.3) is 11.5 Å². The van der Waals surface area contributed by atoms with E-state index in [1.165, 1.54) is 30.8 Å². The molecule has 1 atom stereocenters. The topological polar surface area (TPSA) is 85.5 Å². The predicted octanol–water partition coefficient (Wildman–Crippen LogP) is 3.61. The Morgan fingerprint density at radius 1 is 1.26 bits per heavy atom. The van der Waals surface area contributed by atoms with Crippen LogP contribution in [0.5, 0.6) is 5.75 Å². The summed E-state index contributed by atoms with van der Waals surface area (Å²) in [6.45, 7) is 1.54. The van der Waals surface area contributed by atoms with Gasteiger partial charge in [-0.3, -0.25) is 4.79 Å². The van der Waals surface area contributed by atoms with Crippen LogP contribution in [0.15, 0.2) is 58.2 Å². The molecule has 1 heterocycles. The van der Waals surface area contributed by atoms with Gasteiger partial charge in [0.05, 0.1) is 6.10 Å². The van der Waals surface area contributed by atoms with Gasteiger partial charge < -0.3 is 14.3 Å². The molecule has 1 aromatic heterocycles. The maximum Gasteiger partial charge on any atom is 0.276 e. The van der Waals surface area contributed by atoms with E-state index in [2.05, 4.69) is 10.2 Å². The fourth-order valence-corrected chi connectivity index (χ4v) is 2.86. The second-order valence-corrected chi connectivity index (χ2v) is 6.71. The van der Waals surface area contributed by atoms with Crippen LogP contribution < -0.4 is 4.74 Å².